The lowest BCUT2D eigenvalue weighted by atomic mass is 9.87. The largest absolute Gasteiger partial charge is 0.484 e. The molecule has 0 atom stereocenters. The van der Waals surface area contributed by atoms with Gasteiger partial charge in [0.25, 0.3) is 11.8 Å². The Bertz CT molecular complexity index is 943. The molecule has 2 aromatic carbocycles. The Balaban J connectivity index is 1.68. The molecule has 2 amide bonds. The van der Waals surface area contributed by atoms with Gasteiger partial charge in [0.2, 0.25) is 0 Å². The maximum Gasteiger partial charge on any atom is 0.276 e. The van der Waals surface area contributed by atoms with Gasteiger partial charge in [0, 0.05) is 4.47 Å². The van der Waals surface area contributed by atoms with E-state index in [9.17, 15) is 9.59 Å². The van der Waals surface area contributed by atoms with Crippen LogP contribution in [0.4, 0.5) is 0 Å². The summed E-state index contributed by atoms with van der Waals surface area (Å²) in [5.41, 5.74) is 6.92. The monoisotopic (exact) mass is 507 g/mol. The third-order valence-corrected chi connectivity index (χ3v) is 4.85. The number of thiocarbonyl (C=S) groups is 1. The molecule has 0 spiro atoms. The van der Waals surface area contributed by atoms with E-state index >= 15 is 0 Å². The molecule has 2 aromatic rings. The van der Waals surface area contributed by atoms with Crippen LogP contribution < -0.4 is 25.6 Å². The second-order valence-electron chi connectivity index (χ2n) is 7.81. The zero-order valence-electron chi connectivity index (χ0n) is 17.9. The number of rotatable bonds is 6. The van der Waals surface area contributed by atoms with Crippen LogP contribution >= 0.6 is 28.1 Å². The van der Waals surface area contributed by atoms with E-state index in [2.05, 4.69) is 52.9 Å². The van der Waals surface area contributed by atoms with Crippen LogP contribution in [0.5, 0.6) is 11.5 Å². The van der Waals surface area contributed by atoms with Gasteiger partial charge in [0.1, 0.15) is 11.5 Å². The second kappa shape index (κ2) is 11.1. The lowest BCUT2D eigenvalue weighted by Gasteiger charge is -2.19. The highest BCUT2D eigenvalue weighted by Crippen LogP contribution is 2.24. The third-order valence-electron chi connectivity index (χ3n) is 4.15. The van der Waals surface area contributed by atoms with E-state index < -0.39 is 11.8 Å². The van der Waals surface area contributed by atoms with Crippen molar-refractivity contribution in [1.29, 1.82) is 0 Å². The highest BCUT2D eigenvalue weighted by atomic mass is 79.9. The Kier molecular flexibility index (Phi) is 8.82. The maximum absolute atomic E-state index is 12.0. The van der Waals surface area contributed by atoms with E-state index in [4.69, 9.17) is 21.7 Å². The molecule has 31 heavy (non-hydrogen) atoms. The number of hydrogen-bond acceptors (Lipinski definition) is 5. The van der Waals surface area contributed by atoms with Crippen LogP contribution in [0.1, 0.15) is 31.9 Å². The number of amides is 2. The Morgan fingerprint density at radius 2 is 1.61 bits per heavy atom. The highest BCUT2D eigenvalue weighted by molar-refractivity contribution is 9.10. The maximum atomic E-state index is 12.0. The van der Waals surface area contributed by atoms with Crippen LogP contribution in [0, 0.1) is 6.92 Å². The predicted octanol–water partition coefficient (Wildman–Crippen LogP) is 3.53. The van der Waals surface area contributed by atoms with Gasteiger partial charge in [0.05, 0.1) is 0 Å². The van der Waals surface area contributed by atoms with E-state index in [0.717, 1.165) is 10.0 Å². The summed E-state index contributed by atoms with van der Waals surface area (Å²) in [4.78, 5) is 23.9. The highest BCUT2D eigenvalue weighted by Gasteiger charge is 2.13. The van der Waals surface area contributed by atoms with Crippen molar-refractivity contribution in [2.75, 3.05) is 13.2 Å². The lowest BCUT2D eigenvalue weighted by molar-refractivity contribution is -0.124. The topological polar surface area (TPSA) is 88.7 Å². The van der Waals surface area contributed by atoms with Gasteiger partial charge in [-0.05, 0) is 66.0 Å². The van der Waals surface area contributed by atoms with Crippen LogP contribution in [0.25, 0.3) is 0 Å². The zero-order chi connectivity index (χ0) is 23.0. The number of hydrogen-bond donors (Lipinski definition) is 3. The molecule has 3 N–H and O–H groups in total. The smallest absolute Gasteiger partial charge is 0.276 e. The Morgan fingerprint density at radius 3 is 2.23 bits per heavy atom. The molecule has 0 unspecified atom stereocenters. The summed E-state index contributed by atoms with van der Waals surface area (Å²) in [6.07, 6.45) is 0. The van der Waals surface area contributed by atoms with Crippen molar-refractivity contribution in [2.45, 2.75) is 33.1 Å². The number of ether oxygens (including phenoxy) is 2. The van der Waals surface area contributed by atoms with E-state index in [0.29, 0.717) is 11.5 Å². The standard InChI is InChI=1S/C22H26BrN3O4S/c1-14-11-16(23)7-10-18(14)30-13-20(28)25-26-21(31)24-19(27)12-29-17-8-5-15(6-9-17)22(2,3)4/h5-11H,12-13H2,1-4H3,(H,25,28)(H2,24,26,27,31). The van der Waals surface area contributed by atoms with Gasteiger partial charge < -0.3 is 9.47 Å². The van der Waals surface area contributed by atoms with Gasteiger partial charge >= 0.3 is 0 Å². The summed E-state index contributed by atoms with van der Waals surface area (Å²) in [6, 6.07) is 13.0. The molecule has 0 aliphatic carbocycles. The van der Waals surface area contributed by atoms with Crippen molar-refractivity contribution < 1.29 is 19.1 Å². The molecule has 2 rings (SSSR count). The van der Waals surface area contributed by atoms with Crippen molar-refractivity contribution in [2.24, 2.45) is 0 Å². The first kappa shape index (κ1) is 24.6. The molecule has 9 heteroatoms. The molecule has 0 aliphatic rings. The quantitative estimate of drug-likeness (QED) is 0.409. The molecule has 0 bridgehead atoms. The molecule has 0 saturated carbocycles. The Labute approximate surface area is 196 Å². The first-order chi connectivity index (χ1) is 14.5. The average Bonchev–Trinajstić information content (AvgIpc) is 2.69. The predicted molar refractivity (Wildman–Crippen MR) is 127 cm³/mol. The summed E-state index contributed by atoms with van der Waals surface area (Å²) in [6.45, 7) is 7.82. The van der Waals surface area contributed by atoms with Crippen LogP contribution in [0.3, 0.4) is 0 Å². The minimum atomic E-state index is -0.451. The van der Waals surface area contributed by atoms with Gasteiger partial charge in [-0.25, -0.2) is 0 Å². The molecule has 0 radical (unpaired) electrons. The minimum Gasteiger partial charge on any atom is -0.484 e. The molecular weight excluding hydrogens is 482 g/mol. The summed E-state index contributed by atoms with van der Waals surface area (Å²) < 4.78 is 11.8. The van der Waals surface area contributed by atoms with Crippen LogP contribution in [0.2, 0.25) is 0 Å². The first-order valence-electron chi connectivity index (χ1n) is 9.55. The van der Waals surface area contributed by atoms with Gasteiger partial charge in [0.15, 0.2) is 18.3 Å². The van der Waals surface area contributed by atoms with Crippen LogP contribution in [0.15, 0.2) is 46.9 Å². The number of benzene rings is 2. The van der Waals surface area contributed by atoms with Crippen molar-refractivity contribution in [3.63, 3.8) is 0 Å². The number of carbonyl (C=O) groups excluding carboxylic acids is 2. The van der Waals surface area contributed by atoms with Crippen molar-refractivity contribution in [1.82, 2.24) is 16.2 Å². The fourth-order valence-electron chi connectivity index (χ4n) is 2.47. The van der Waals surface area contributed by atoms with Crippen LogP contribution in [-0.4, -0.2) is 30.1 Å². The van der Waals surface area contributed by atoms with Gasteiger partial charge in [-0.3, -0.25) is 25.8 Å². The number of carbonyl (C=O) groups is 2. The van der Waals surface area contributed by atoms with E-state index in [1.54, 1.807) is 6.07 Å². The van der Waals surface area contributed by atoms with Crippen molar-refractivity contribution >= 4 is 45.1 Å². The van der Waals surface area contributed by atoms with E-state index in [1.165, 1.54) is 5.56 Å². The zero-order valence-corrected chi connectivity index (χ0v) is 20.3. The number of aryl methyl sites for hydroxylation is 1. The Hall–Kier alpha value is -2.65. The SMILES string of the molecule is Cc1cc(Br)ccc1OCC(=O)NNC(=S)NC(=O)COc1ccc(C(C)(C)C)cc1. The van der Waals surface area contributed by atoms with Crippen molar-refractivity contribution in [3.05, 3.63) is 58.1 Å². The fraction of sp³-hybridized carbons (Fsp3) is 0.318. The Morgan fingerprint density at radius 1 is 0.968 bits per heavy atom. The summed E-state index contributed by atoms with van der Waals surface area (Å²) in [5, 5.41) is 2.37. The average molecular weight is 508 g/mol. The molecule has 0 aliphatic heterocycles. The number of nitrogens with one attached hydrogen (secondary N) is 3. The molecular formula is C22H26BrN3O4S. The molecule has 0 saturated heterocycles. The molecule has 7 nitrogen and oxygen atoms in total. The number of halogens is 1. The number of hydrazine groups is 1. The normalized spacial score (nSPS) is 10.7. The first-order valence-corrected chi connectivity index (χ1v) is 10.8. The van der Waals surface area contributed by atoms with E-state index in [-0.39, 0.29) is 23.7 Å². The lowest BCUT2D eigenvalue weighted by Crippen LogP contribution is -2.50. The van der Waals surface area contributed by atoms with Gasteiger partial charge in [-0.2, -0.15) is 0 Å². The molecule has 0 aromatic heterocycles. The summed E-state index contributed by atoms with van der Waals surface area (Å²) >= 11 is 8.36. The fourth-order valence-corrected chi connectivity index (χ4v) is 3.12. The van der Waals surface area contributed by atoms with Crippen molar-refractivity contribution in [3.8, 4) is 11.5 Å². The third kappa shape index (κ3) is 8.55. The second-order valence-corrected chi connectivity index (χ2v) is 9.14. The summed E-state index contributed by atoms with van der Waals surface area (Å²) in [5.74, 6) is 0.278. The van der Waals surface area contributed by atoms with E-state index in [1.807, 2.05) is 43.3 Å². The minimum absolute atomic E-state index is 0.0420. The molecule has 0 heterocycles. The van der Waals surface area contributed by atoms with Crippen LogP contribution in [-0.2, 0) is 15.0 Å². The van der Waals surface area contributed by atoms with Gasteiger partial charge in [-0.15, -0.1) is 0 Å². The summed E-state index contributed by atoms with van der Waals surface area (Å²) in [7, 11) is 0. The molecule has 0 fully saturated rings. The van der Waals surface area contributed by atoms with Gasteiger partial charge in [-0.1, -0.05) is 48.8 Å². The molecule has 166 valence electrons.